The molecule has 0 bridgehead atoms. The Morgan fingerprint density at radius 2 is 2.00 bits per heavy atom. The molecule has 3 N–H and O–H groups in total. The van der Waals surface area contributed by atoms with Gasteiger partial charge in [0.2, 0.25) is 0 Å². The van der Waals surface area contributed by atoms with Gasteiger partial charge in [-0.05, 0) is 24.9 Å². The molecular formula is C15H18N6. The summed E-state index contributed by atoms with van der Waals surface area (Å²) in [7, 11) is 1.95. The van der Waals surface area contributed by atoms with Crippen LogP contribution in [0.25, 0.3) is 10.8 Å². The second kappa shape index (κ2) is 5.88. The molecule has 0 saturated carbocycles. The number of benzene rings is 1. The molecule has 0 aliphatic heterocycles. The van der Waals surface area contributed by atoms with Gasteiger partial charge in [-0.25, -0.2) is 4.98 Å². The van der Waals surface area contributed by atoms with Gasteiger partial charge in [0.05, 0.1) is 12.7 Å². The first-order valence-electron chi connectivity index (χ1n) is 6.93. The summed E-state index contributed by atoms with van der Waals surface area (Å²) in [5, 5.41) is 19.3. The molecule has 1 aromatic carbocycles. The number of anilines is 1. The summed E-state index contributed by atoms with van der Waals surface area (Å²) in [6.45, 7) is 2.72. The normalized spacial score (nSPS) is 12.5. The van der Waals surface area contributed by atoms with Gasteiger partial charge in [0.25, 0.3) is 0 Å². The Labute approximate surface area is 123 Å². The zero-order valence-electron chi connectivity index (χ0n) is 12.1. The molecule has 0 amide bonds. The quantitative estimate of drug-likeness (QED) is 0.669. The largest absolute Gasteiger partial charge is 0.364 e. The van der Waals surface area contributed by atoms with E-state index in [9.17, 15) is 0 Å². The lowest BCUT2D eigenvalue weighted by Gasteiger charge is -2.15. The highest BCUT2D eigenvalue weighted by Gasteiger charge is 2.11. The van der Waals surface area contributed by atoms with Crippen molar-refractivity contribution in [3.63, 3.8) is 0 Å². The summed E-state index contributed by atoms with van der Waals surface area (Å²) in [5.74, 6) is 0.862. The van der Waals surface area contributed by atoms with Gasteiger partial charge in [0.1, 0.15) is 11.5 Å². The Morgan fingerprint density at radius 3 is 2.71 bits per heavy atom. The molecule has 6 nitrogen and oxygen atoms in total. The van der Waals surface area contributed by atoms with Crippen molar-refractivity contribution in [3.05, 3.63) is 47.9 Å². The third kappa shape index (κ3) is 2.71. The summed E-state index contributed by atoms with van der Waals surface area (Å²) >= 11 is 0. The molecule has 2 heterocycles. The van der Waals surface area contributed by atoms with Crippen molar-refractivity contribution in [3.8, 4) is 0 Å². The van der Waals surface area contributed by atoms with E-state index in [1.807, 2.05) is 19.3 Å². The van der Waals surface area contributed by atoms with E-state index in [1.165, 1.54) is 10.9 Å². The van der Waals surface area contributed by atoms with Gasteiger partial charge in [0, 0.05) is 17.6 Å². The Kier molecular flexibility index (Phi) is 3.79. The van der Waals surface area contributed by atoms with Crippen molar-refractivity contribution < 1.29 is 0 Å². The van der Waals surface area contributed by atoms with Crippen molar-refractivity contribution in [1.82, 2.24) is 25.7 Å². The molecule has 2 aromatic heterocycles. The van der Waals surface area contributed by atoms with Crippen LogP contribution in [0.2, 0.25) is 0 Å². The molecular weight excluding hydrogens is 264 g/mol. The van der Waals surface area contributed by atoms with E-state index in [2.05, 4.69) is 56.2 Å². The van der Waals surface area contributed by atoms with Gasteiger partial charge < -0.3 is 10.6 Å². The van der Waals surface area contributed by atoms with E-state index in [-0.39, 0.29) is 6.04 Å². The highest BCUT2D eigenvalue weighted by Crippen LogP contribution is 2.28. The Balaban J connectivity index is 1.96. The first kappa shape index (κ1) is 13.5. The predicted molar refractivity (Wildman–Crippen MR) is 82.9 cm³/mol. The van der Waals surface area contributed by atoms with Gasteiger partial charge >= 0.3 is 0 Å². The molecule has 3 aromatic rings. The van der Waals surface area contributed by atoms with Crippen LogP contribution in [0.3, 0.4) is 0 Å². The van der Waals surface area contributed by atoms with Crippen LogP contribution in [0.5, 0.6) is 0 Å². The topological polar surface area (TPSA) is 78.5 Å². The third-order valence-electron chi connectivity index (χ3n) is 3.63. The zero-order valence-corrected chi connectivity index (χ0v) is 12.1. The smallest absolute Gasteiger partial charge is 0.134 e. The van der Waals surface area contributed by atoms with Crippen LogP contribution >= 0.6 is 0 Å². The van der Waals surface area contributed by atoms with Gasteiger partial charge in [-0.1, -0.05) is 24.3 Å². The van der Waals surface area contributed by atoms with Crippen molar-refractivity contribution in [2.75, 3.05) is 12.4 Å². The minimum Gasteiger partial charge on any atom is -0.364 e. The maximum absolute atomic E-state index is 4.57. The number of H-pyrrole nitrogens is 1. The lowest BCUT2D eigenvalue weighted by molar-refractivity contribution is 0.655. The van der Waals surface area contributed by atoms with E-state index in [4.69, 9.17) is 0 Å². The summed E-state index contributed by atoms with van der Waals surface area (Å²) in [6.07, 6.45) is 3.63. The van der Waals surface area contributed by atoms with E-state index >= 15 is 0 Å². The molecule has 1 unspecified atom stereocenters. The fraction of sp³-hybridized carbons (Fsp3) is 0.267. The van der Waals surface area contributed by atoms with E-state index in [0.29, 0.717) is 6.54 Å². The Morgan fingerprint density at radius 1 is 1.19 bits per heavy atom. The number of aromatic amines is 1. The molecule has 0 spiro atoms. The fourth-order valence-corrected chi connectivity index (χ4v) is 2.34. The lowest BCUT2D eigenvalue weighted by atomic mass is 10.0. The molecule has 21 heavy (non-hydrogen) atoms. The van der Waals surface area contributed by atoms with E-state index in [0.717, 1.165) is 16.9 Å². The van der Waals surface area contributed by atoms with Crippen LogP contribution in [-0.4, -0.2) is 27.4 Å². The number of hydrogen-bond donors (Lipinski definition) is 3. The van der Waals surface area contributed by atoms with Crippen molar-refractivity contribution in [2.24, 2.45) is 0 Å². The second-order valence-electron chi connectivity index (χ2n) is 4.93. The third-order valence-corrected chi connectivity index (χ3v) is 3.63. The number of pyridine rings is 1. The Bertz CT molecular complexity index is 722. The van der Waals surface area contributed by atoms with E-state index in [1.54, 1.807) is 6.20 Å². The minimum atomic E-state index is 0.256. The minimum absolute atomic E-state index is 0.256. The summed E-state index contributed by atoms with van der Waals surface area (Å²) < 4.78 is 0. The van der Waals surface area contributed by atoms with Gasteiger partial charge in [-0.2, -0.15) is 15.4 Å². The Hall–Kier alpha value is -2.47. The average Bonchev–Trinajstić information content (AvgIpc) is 3.05. The van der Waals surface area contributed by atoms with Crippen LogP contribution in [0, 0.1) is 0 Å². The van der Waals surface area contributed by atoms with Crippen LogP contribution in [0.4, 0.5) is 5.82 Å². The SMILES string of the molecule is CNC(C)c1cnc(NCc2cn[nH]n2)c2ccccc12. The molecule has 108 valence electrons. The number of rotatable bonds is 5. The zero-order chi connectivity index (χ0) is 14.7. The monoisotopic (exact) mass is 282 g/mol. The first-order valence-corrected chi connectivity index (χ1v) is 6.93. The molecule has 0 fully saturated rings. The lowest BCUT2D eigenvalue weighted by Crippen LogP contribution is -2.13. The van der Waals surface area contributed by atoms with Crippen LogP contribution < -0.4 is 10.6 Å². The molecule has 0 saturated heterocycles. The number of aromatic nitrogens is 4. The average molecular weight is 282 g/mol. The van der Waals surface area contributed by atoms with Crippen molar-refractivity contribution in [2.45, 2.75) is 19.5 Å². The number of fused-ring (bicyclic) bond motifs is 1. The maximum atomic E-state index is 4.57. The molecule has 0 aliphatic rings. The standard InChI is InChI=1S/C15H18N6/c1-10(16-2)14-9-18-15(13-6-4-3-5-12(13)14)17-7-11-8-19-21-20-11/h3-6,8-10,16H,7H2,1-2H3,(H,17,18)(H,19,20,21). The van der Waals surface area contributed by atoms with Gasteiger partial charge in [-0.3, -0.25) is 0 Å². The van der Waals surface area contributed by atoms with Crippen LogP contribution in [-0.2, 0) is 6.54 Å². The van der Waals surface area contributed by atoms with Crippen LogP contribution in [0.15, 0.2) is 36.7 Å². The van der Waals surface area contributed by atoms with Gasteiger partial charge in [0.15, 0.2) is 0 Å². The summed E-state index contributed by atoms with van der Waals surface area (Å²) in [4.78, 5) is 4.57. The highest BCUT2D eigenvalue weighted by atomic mass is 15.3. The summed E-state index contributed by atoms with van der Waals surface area (Å²) in [6, 6.07) is 8.54. The highest BCUT2D eigenvalue weighted by molar-refractivity contribution is 5.94. The first-order chi connectivity index (χ1) is 10.3. The predicted octanol–water partition coefficient (Wildman–Crippen LogP) is 2.25. The fourth-order valence-electron chi connectivity index (χ4n) is 2.34. The van der Waals surface area contributed by atoms with Crippen molar-refractivity contribution >= 4 is 16.6 Å². The molecule has 0 radical (unpaired) electrons. The molecule has 1 atom stereocenters. The van der Waals surface area contributed by atoms with E-state index < -0.39 is 0 Å². The number of nitrogens with one attached hydrogen (secondary N) is 3. The van der Waals surface area contributed by atoms with Crippen LogP contribution in [0.1, 0.15) is 24.2 Å². The molecule has 6 heteroatoms. The van der Waals surface area contributed by atoms with Gasteiger partial charge in [-0.15, -0.1) is 0 Å². The number of nitrogens with zero attached hydrogens (tertiary/aromatic N) is 3. The summed E-state index contributed by atoms with van der Waals surface area (Å²) in [5.41, 5.74) is 2.05. The second-order valence-corrected chi connectivity index (χ2v) is 4.93. The molecule has 0 aliphatic carbocycles. The number of hydrogen-bond acceptors (Lipinski definition) is 5. The van der Waals surface area contributed by atoms with Crippen molar-refractivity contribution in [1.29, 1.82) is 0 Å². The maximum Gasteiger partial charge on any atom is 0.134 e. The molecule has 3 rings (SSSR count).